The van der Waals surface area contributed by atoms with Crippen molar-refractivity contribution >= 4 is 5.91 Å². The molecule has 1 aliphatic heterocycles. The fraction of sp³-hybridized carbons (Fsp3) is 0.923. The van der Waals surface area contributed by atoms with Crippen molar-refractivity contribution in [3.8, 4) is 0 Å². The van der Waals surface area contributed by atoms with E-state index in [4.69, 9.17) is 5.73 Å². The summed E-state index contributed by atoms with van der Waals surface area (Å²) in [4.78, 5) is 13.9. The molecule has 0 bridgehead atoms. The number of amides is 1. The van der Waals surface area contributed by atoms with E-state index in [2.05, 4.69) is 17.1 Å². The van der Waals surface area contributed by atoms with Crippen LogP contribution in [-0.4, -0.2) is 43.0 Å². The molecule has 0 aromatic carbocycles. The van der Waals surface area contributed by atoms with Gasteiger partial charge in [0.2, 0.25) is 5.91 Å². The molecule has 1 saturated heterocycles. The molecule has 3 N–H and O–H groups in total. The van der Waals surface area contributed by atoms with E-state index in [-0.39, 0.29) is 5.91 Å². The number of likely N-dealkylation sites (tertiary alicyclic amines) is 1. The zero-order chi connectivity index (χ0) is 12.7. The van der Waals surface area contributed by atoms with Gasteiger partial charge in [0.1, 0.15) is 0 Å². The Labute approximate surface area is 105 Å². The minimum absolute atomic E-state index is 0.155. The number of carbonyl (C=O) groups excluding carboxylic acids is 1. The fourth-order valence-corrected chi connectivity index (χ4v) is 2.84. The Morgan fingerprint density at radius 1 is 1.47 bits per heavy atom. The fourth-order valence-electron chi connectivity index (χ4n) is 2.84. The normalized spacial score (nSPS) is 25.8. The molecule has 17 heavy (non-hydrogen) atoms. The van der Waals surface area contributed by atoms with Crippen molar-refractivity contribution in [3.63, 3.8) is 0 Å². The van der Waals surface area contributed by atoms with Gasteiger partial charge in [-0.2, -0.15) is 0 Å². The van der Waals surface area contributed by atoms with Gasteiger partial charge in [-0.05, 0) is 32.2 Å². The predicted octanol–water partition coefficient (Wildman–Crippen LogP) is 0.962. The summed E-state index contributed by atoms with van der Waals surface area (Å²) in [5.41, 5.74) is 5.88. The van der Waals surface area contributed by atoms with Crippen molar-refractivity contribution in [1.29, 1.82) is 0 Å². The number of nitrogens with one attached hydrogen (secondary N) is 1. The first-order valence-electron chi connectivity index (χ1n) is 6.93. The molecule has 0 aromatic heterocycles. The summed E-state index contributed by atoms with van der Waals surface area (Å²) in [5.74, 6) is 0.866. The Kier molecular flexibility index (Phi) is 6.52. The molecule has 4 nitrogen and oxygen atoms in total. The second kappa shape index (κ2) is 7.67. The molecule has 100 valence electrons. The van der Waals surface area contributed by atoms with Gasteiger partial charge in [-0.15, -0.1) is 0 Å². The summed E-state index contributed by atoms with van der Waals surface area (Å²) in [5, 5.41) is 2.85. The maximum Gasteiger partial charge on any atom is 0.221 e. The molecule has 2 unspecified atom stereocenters. The molecule has 4 heteroatoms. The van der Waals surface area contributed by atoms with E-state index in [1.807, 2.05) is 6.92 Å². The number of nitrogens with two attached hydrogens (primary N) is 1. The smallest absolute Gasteiger partial charge is 0.221 e. The monoisotopic (exact) mass is 241 g/mol. The quantitative estimate of drug-likeness (QED) is 0.728. The molecule has 1 fully saturated rings. The molecule has 0 radical (unpaired) electrons. The third kappa shape index (κ3) is 4.28. The largest absolute Gasteiger partial charge is 0.356 e. The molecular weight excluding hydrogens is 214 g/mol. The highest BCUT2D eigenvalue weighted by Gasteiger charge is 2.28. The maximum atomic E-state index is 11.5. The average Bonchev–Trinajstić information content (AvgIpc) is 2.36. The zero-order valence-electron chi connectivity index (χ0n) is 11.2. The average molecular weight is 241 g/mol. The number of piperidine rings is 1. The second-order valence-corrected chi connectivity index (χ2v) is 4.85. The van der Waals surface area contributed by atoms with Crippen LogP contribution in [0.3, 0.4) is 0 Å². The molecule has 1 amide bonds. The summed E-state index contributed by atoms with van der Waals surface area (Å²) >= 11 is 0. The highest BCUT2D eigenvalue weighted by Crippen LogP contribution is 2.25. The van der Waals surface area contributed by atoms with Crippen LogP contribution in [0.5, 0.6) is 0 Å². The van der Waals surface area contributed by atoms with E-state index < -0.39 is 0 Å². The Hall–Kier alpha value is -0.610. The van der Waals surface area contributed by atoms with Crippen LogP contribution in [0.25, 0.3) is 0 Å². The molecular formula is C13H27N3O. The molecule has 0 saturated carbocycles. The topological polar surface area (TPSA) is 58.4 Å². The Morgan fingerprint density at radius 3 is 2.82 bits per heavy atom. The van der Waals surface area contributed by atoms with Crippen LogP contribution in [0.2, 0.25) is 0 Å². The van der Waals surface area contributed by atoms with E-state index in [9.17, 15) is 4.79 Å². The first-order valence-corrected chi connectivity index (χ1v) is 6.93. The first kappa shape index (κ1) is 14.5. The number of nitrogens with zero attached hydrogens (tertiary/aromatic N) is 1. The van der Waals surface area contributed by atoms with Gasteiger partial charge in [-0.1, -0.05) is 13.3 Å². The van der Waals surface area contributed by atoms with Crippen LogP contribution in [0, 0.1) is 5.92 Å². The van der Waals surface area contributed by atoms with E-state index in [0.29, 0.717) is 24.9 Å². The third-order valence-corrected chi connectivity index (χ3v) is 3.80. The van der Waals surface area contributed by atoms with Crippen molar-refractivity contribution in [3.05, 3.63) is 0 Å². The summed E-state index contributed by atoms with van der Waals surface area (Å²) in [6.45, 7) is 7.57. The van der Waals surface area contributed by atoms with E-state index in [1.165, 1.54) is 19.3 Å². The van der Waals surface area contributed by atoms with Crippen molar-refractivity contribution in [2.24, 2.45) is 11.7 Å². The summed E-state index contributed by atoms with van der Waals surface area (Å²) in [6, 6.07) is 0.475. The molecule has 0 aliphatic carbocycles. The zero-order valence-corrected chi connectivity index (χ0v) is 11.2. The second-order valence-electron chi connectivity index (χ2n) is 4.85. The van der Waals surface area contributed by atoms with E-state index in [1.54, 1.807) is 0 Å². The lowest BCUT2D eigenvalue weighted by atomic mass is 9.87. The molecule has 1 aliphatic rings. The standard InChI is InChI=1S/C13H27N3O/c1-3-11-6-5-8-16(12(11)10-14)9-7-13(17)15-4-2/h11-12H,3-10,14H2,1-2H3,(H,15,17). The molecule has 1 heterocycles. The van der Waals surface area contributed by atoms with Gasteiger partial charge in [0.05, 0.1) is 0 Å². The van der Waals surface area contributed by atoms with E-state index >= 15 is 0 Å². The van der Waals surface area contributed by atoms with Gasteiger partial charge < -0.3 is 11.1 Å². The molecule has 2 atom stereocenters. The Morgan fingerprint density at radius 2 is 2.24 bits per heavy atom. The predicted molar refractivity (Wildman–Crippen MR) is 70.7 cm³/mol. The lowest BCUT2D eigenvalue weighted by molar-refractivity contribution is -0.121. The Bertz CT molecular complexity index is 233. The van der Waals surface area contributed by atoms with Crippen molar-refractivity contribution in [1.82, 2.24) is 10.2 Å². The first-order chi connectivity index (χ1) is 8.22. The van der Waals surface area contributed by atoms with Crippen molar-refractivity contribution in [2.75, 3.05) is 26.2 Å². The summed E-state index contributed by atoms with van der Waals surface area (Å²) in [7, 11) is 0. The minimum atomic E-state index is 0.155. The Balaban J connectivity index is 2.42. The third-order valence-electron chi connectivity index (χ3n) is 3.80. The van der Waals surface area contributed by atoms with Gasteiger partial charge in [0.15, 0.2) is 0 Å². The molecule has 0 spiro atoms. The van der Waals surface area contributed by atoms with Gasteiger partial charge in [-0.25, -0.2) is 0 Å². The SMILES string of the molecule is CCNC(=O)CCN1CCCC(CC)C1CN. The lowest BCUT2D eigenvalue weighted by Gasteiger charge is -2.40. The van der Waals surface area contributed by atoms with Crippen molar-refractivity contribution < 1.29 is 4.79 Å². The van der Waals surface area contributed by atoms with Crippen molar-refractivity contribution in [2.45, 2.75) is 45.6 Å². The van der Waals surface area contributed by atoms with Crippen LogP contribution in [-0.2, 0) is 4.79 Å². The van der Waals surface area contributed by atoms with Gasteiger partial charge in [0, 0.05) is 32.1 Å². The van der Waals surface area contributed by atoms with Crippen LogP contribution in [0.4, 0.5) is 0 Å². The maximum absolute atomic E-state index is 11.5. The van der Waals surface area contributed by atoms with Crippen LogP contribution in [0.15, 0.2) is 0 Å². The number of hydrogen-bond donors (Lipinski definition) is 2. The van der Waals surface area contributed by atoms with Gasteiger partial charge >= 0.3 is 0 Å². The lowest BCUT2D eigenvalue weighted by Crippen LogP contribution is -2.50. The highest BCUT2D eigenvalue weighted by molar-refractivity contribution is 5.75. The summed E-state index contributed by atoms with van der Waals surface area (Å²) in [6.07, 6.45) is 4.32. The van der Waals surface area contributed by atoms with Gasteiger partial charge in [-0.3, -0.25) is 9.69 Å². The molecule has 1 rings (SSSR count). The number of carbonyl (C=O) groups is 1. The molecule has 0 aromatic rings. The highest BCUT2D eigenvalue weighted by atomic mass is 16.1. The van der Waals surface area contributed by atoms with Crippen LogP contribution >= 0.6 is 0 Å². The van der Waals surface area contributed by atoms with E-state index in [0.717, 1.165) is 19.6 Å². The number of hydrogen-bond acceptors (Lipinski definition) is 3. The number of rotatable bonds is 6. The minimum Gasteiger partial charge on any atom is -0.356 e. The van der Waals surface area contributed by atoms with Gasteiger partial charge in [0.25, 0.3) is 0 Å². The summed E-state index contributed by atoms with van der Waals surface area (Å²) < 4.78 is 0. The van der Waals surface area contributed by atoms with Crippen LogP contribution in [0.1, 0.15) is 39.5 Å². The van der Waals surface area contributed by atoms with Crippen LogP contribution < -0.4 is 11.1 Å².